The third kappa shape index (κ3) is 2.88. The van der Waals surface area contributed by atoms with Gasteiger partial charge in [0, 0.05) is 6.54 Å². The Labute approximate surface area is 106 Å². The number of halogens is 1. The van der Waals surface area contributed by atoms with Crippen LogP contribution in [0.2, 0.25) is 0 Å². The van der Waals surface area contributed by atoms with Crippen molar-refractivity contribution in [1.29, 1.82) is 0 Å². The zero-order valence-corrected chi connectivity index (χ0v) is 10.7. The first-order valence-corrected chi connectivity index (χ1v) is 6.17. The van der Waals surface area contributed by atoms with Crippen molar-refractivity contribution in [2.75, 3.05) is 0 Å². The highest BCUT2D eigenvalue weighted by atomic mass is 19.1. The van der Waals surface area contributed by atoms with Crippen LogP contribution in [0.15, 0.2) is 30.3 Å². The van der Waals surface area contributed by atoms with E-state index in [9.17, 15) is 4.39 Å². The smallest absolute Gasteiger partial charge is 0.130 e. The molecule has 3 nitrogen and oxygen atoms in total. The van der Waals surface area contributed by atoms with Crippen molar-refractivity contribution in [1.82, 2.24) is 9.78 Å². The summed E-state index contributed by atoms with van der Waals surface area (Å²) in [5.41, 5.74) is 2.10. The van der Waals surface area contributed by atoms with E-state index in [1.807, 2.05) is 17.7 Å². The van der Waals surface area contributed by atoms with Crippen LogP contribution in [0.25, 0.3) is 0 Å². The van der Waals surface area contributed by atoms with Crippen molar-refractivity contribution in [3.05, 3.63) is 47.5 Å². The Bertz CT molecular complexity index is 505. The zero-order chi connectivity index (χ0) is 13.0. The predicted octanol–water partition coefficient (Wildman–Crippen LogP) is 3.18. The Morgan fingerprint density at radius 3 is 2.56 bits per heavy atom. The van der Waals surface area contributed by atoms with Crippen LogP contribution in [0.3, 0.4) is 0 Å². The second-order valence-corrected chi connectivity index (χ2v) is 4.04. The van der Waals surface area contributed by atoms with Crippen LogP contribution in [0.5, 0.6) is 5.75 Å². The first kappa shape index (κ1) is 12.6. The SMILES string of the molecule is CCc1cc(COc2ccc(F)cc2)n(CC)n1. The molecular formula is C14H17FN2O. The van der Waals surface area contributed by atoms with E-state index in [0.717, 1.165) is 24.4 Å². The Hall–Kier alpha value is -1.84. The van der Waals surface area contributed by atoms with Crippen molar-refractivity contribution in [3.63, 3.8) is 0 Å². The van der Waals surface area contributed by atoms with Crippen molar-refractivity contribution >= 4 is 0 Å². The van der Waals surface area contributed by atoms with Gasteiger partial charge in [-0.05, 0) is 43.7 Å². The molecule has 2 aromatic rings. The number of ether oxygens (including phenoxy) is 1. The lowest BCUT2D eigenvalue weighted by atomic mass is 10.3. The van der Waals surface area contributed by atoms with Gasteiger partial charge in [0.05, 0.1) is 11.4 Å². The predicted molar refractivity (Wildman–Crippen MR) is 68.0 cm³/mol. The standard InChI is InChI=1S/C14H17FN2O/c1-3-12-9-13(17(4-2)16-12)10-18-14-7-5-11(15)6-8-14/h5-9H,3-4,10H2,1-2H3. The lowest BCUT2D eigenvalue weighted by Gasteiger charge is -2.07. The minimum absolute atomic E-state index is 0.255. The summed E-state index contributed by atoms with van der Waals surface area (Å²) in [5.74, 6) is 0.410. The fourth-order valence-corrected chi connectivity index (χ4v) is 1.77. The second-order valence-electron chi connectivity index (χ2n) is 4.04. The number of aryl methyl sites for hydroxylation is 2. The van der Waals surface area contributed by atoms with Crippen LogP contribution in [0, 0.1) is 5.82 Å². The fraction of sp³-hybridized carbons (Fsp3) is 0.357. The third-order valence-corrected chi connectivity index (χ3v) is 2.78. The molecule has 0 saturated heterocycles. The number of hydrogen-bond acceptors (Lipinski definition) is 2. The number of hydrogen-bond donors (Lipinski definition) is 0. The lowest BCUT2D eigenvalue weighted by Crippen LogP contribution is -2.06. The van der Waals surface area contributed by atoms with E-state index in [1.54, 1.807) is 12.1 Å². The van der Waals surface area contributed by atoms with E-state index in [0.29, 0.717) is 12.4 Å². The Morgan fingerprint density at radius 1 is 1.22 bits per heavy atom. The van der Waals surface area contributed by atoms with Gasteiger partial charge in [-0.1, -0.05) is 6.92 Å². The summed E-state index contributed by atoms with van der Waals surface area (Å²) in [5, 5.41) is 4.45. The molecule has 0 aliphatic heterocycles. The van der Waals surface area contributed by atoms with Crippen LogP contribution in [-0.4, -0.2) is 9.78 Å². The maximum Gasteiger partial charge on any atom is 0.130 e. The maximum atomic E-state index is 12.7. The highest BCUT2D eigenvalue weighted by molar-refractivity contribution is 5.22. The van der Waals surface area contributed by atoms with Gasteiger partial charge in [0.2, 0.25) is 0 Å². The number of nitrogens with zero attached hydrogens (tertiary/aromatic N) is 2. The van der Waals surface area contributed by atoms with Gasteiger partial charge in [0.1, 0.15) is 18.2 Å². The number of aromatic nitrogens is 2. The van der Waals surface area contributed by atoms with E-state index < -0.39 is 0 Å². The van der Waals surface area contributed by atoms with Gasteiger partial charge in [0.25, 0.3) is 0 Å². The van der Waals surface area contributed by atoms with E-state index in [1.165, 1.54) is 12.1 Å². The summed E-state index contributed by atoms with van der Waals surface area (Å²) in [6.07, 6.45) is 0.913. The molecule has 0 spiro atoms. The van der Waals surface area contributed by atoms with Crippen LogP contribution < -0.4 is 4.74 Å². The largest absolute Gasteiger partial charge is 0.487 e. The molecule has 0 radical (unpaired) electrons. The molecule has 0 bridgehead atoms. The monoisotopic (exact) mass is 248 g/mol. The van der Waals surface area contributed by atoms with E-state index in [-0.39, 0.29) is 5.82 Å². The molecule has 0 aliphatic rings. The van der Waals surface area contributed by atoms with Gasteiger partial charge in [-0.3, -0.25) is 4.68 Å². The molecule has 1 heterocycles. The van der Waals surface area contributed by atoms with Crippen LogP contribution in [0.4, 0.5) is 4.39 Å². The Balaban J connectivity index is 2.05. The Morgan fingerprint density at radius 2 is 1.94 bits per heavy atom. The lowest BCUT2D eigenvalue weighted by molar-refractivity contribution is 0.292. The molecule has 1 aromatic heterocycles. The first-order valence-electron chi connectivity index (χ1n) is 6.17. The molecule has 96 valence electrons. The molecule has 18 heavy (non-hydrogen) atoms. The van der Waals surface area contributed by atoms with Gasteiger partial charge < -0.3 is 4.74 Å². The van der Waals surface area contributed by atoms with Gasteiger partial charge in [-0.25, -0.2) is 4.39 Å². The minimum Gasteiger partial charge on any atom is -0.487 e. The number of benzene rings is 1. The van der Waals surface area contributed by atoms with E-state index in [4.69, 9.17) is 4.74 Å². The van der Waals surface area contributed by atoms with Crippen molar-refractivity contribution in [2.24, 2.45) is 0 Å². The Kier molecular flexibility index (Phi) is 3.97. The molecule has 0 N–H and O–H groups in total. The van der Waals surface area contributed by atoms with Gasteiger partial charge in [-0.15, -0.1) is 0 Å². The normalized spacial score (nSPS) is 10.6. The van der Waals surface area contributed by atoms with Crippen LogP contribution >= 0.6 is 0 Å². The highest BCUT2D eigenvalue weighted by Crippen LogP contribution is 2.14. The van der Waals surface area contributed by atoms with E-state index in [2.05, 4.69) is 12.0 Å². The molecule has 0 unspecified atom stereocenters. The zero-order valence-electron chi connectivity index (χ0n) is 10.7. The fourth-order valence-electron chi connectivity index (χ4n) is 1.77. The summed E-state index contributed by atoms with van der Waals surface area (Å²) >= 11 is 0. The summed E-state index contributed by atoms with van der Waals surface area (Å²) in [6.45, 7) is 5.40. The molecule has 0 aliphatic carbocycles. The van der Waals surface area contributed by atoms with Crippen molar-refractivity contribution in [3.8, 4) is 5.75 Å². The molecule has 0 atom stereocenters. The highest BCUT2D eigenvalue weighted by Gasteiger charge is 2.06. The molecular weight excluding hydrogens is 231 g/mol. The summed E-state index contributed by atoms with van der Waals surface area (Å²) < 4.78 is 20.3. The van der Waals surface area contributed by atoms with E-state index >= 15 is 0 Å². The van der Waals surface area contributed by atoms with Crippen LogP contribution in [-0.2, 0) is 19.6 Å². The van der Waals surface area contributed by atoms with Crippen LogP contribution in [0.1, 0.15) is 25.2 Å². The van der Waals surface area contributed by atoms with Gasteiger partial charge in [-0.2, -0.15) is 5.10 Å². The molecule has 0 amide bonds. The van der Waals surface area contributed by atoms with Gasteiger partial charge >= 0.3 is 0 Å². The molecule has 4 heteroatoms. The van der Waals surface area contributed by atoms with Crippen molar-refractivity contribution < 1.29 is 9.13 Å². The topological polar surface area (TPSA) is 27.1 Å². The summed E-state index contributed by atoms with van der Waals surface area (Å²) in [6, 6.07) is 8.09. The van der Waals surface area contributed by atoms with Gasteiger partial charge in [0.15, 0.2) is 0 Å². The second kappa shape index (κ2) is 5.67. The third-order valence-electron chi connectivity index (χ3n) is 2.78. The average molecular weight is 248 g/mol. The average Bonchev–Trinajstić information content (AvgIpc) is 2.80. The minimum atomic E-state index is -0.255. The summed E-state index contributed by atoms with van der Waals surface area (Å²) in [7, 11) is 0. The molecule has 0 saturated carbocycles. The molecule has 1 aromatic carbocycles. The summed E-state index contributed by atoms with van der Waals surface area (Å²) in [4.78, 5) is 0. The quantitative estimate of drug-likeness (QED) is 0.812. The first-order chi connectivity index (χ1) is 8.72. The molecule has 0 fully saturated rings. The van der Waals surface area contributed by atoms with Crippen molar-refractivity contribution in [2.45, 2.75) is 33.4 Å². The molecule has 2 rings (SSSR count). The maximum absolute atomic E-state index is 12.7. The number of rotatable bonds is 5.